The highest BCUT2D eigenvalue weighted by molar-refractivity contribution is 4.81. The second-order valence-electron chi connectivity index (χ2n) is 2.38. The van der Waals surface area contributed by atoms with Crippen LogP contribution in [0.4, 0.5) is 0 Å². The van der Waals surface area contributed by atoms with E-state index in [1.54, 1.807) is 0 Å². The van der Waals surface area contributed by atoms with Gasteiger partial charge in [-0.2, -0.15) is 0 Å². The van der Waals surface area contributed by atoms with Crippen molar-refractivity contribution in [3.63, 3.8) is 0 Å². The minimum absolute atomic E-state index is 0.0787. The van der Waals surface area contributed by atoms with Gasteiger partial charge in [0.15, 0.2) is 0 Å². The molecule has 0 amide bonds. The highest BCUT2D eigenvalue weighted by Crippen LogP contribution is 2.19. The molecule has 0 N–H and O–H groups in total. The summed E-state index contributed by atoms with van der Waals surface area (Å²) in [6.07, 6.45) is 1.97. The van der Waals surface area contributed by atoms with E-state index >= 15 is 0 Å². The zero-order chi connectivity index (χ0) is 7.40. The molecular formula is C6H11N3O. The van der Waals surface area contributed by atoms with E-state index in [0.29, 0.717) is 0 Å². The van der Waals surface area contributed by atoms with Crippen LogP contribution in [0.3, 0.4) is 0 Å². The lowest BCUT2D eigenvalue weighted by Crippen LogP contribution is -2.16. The summed E-state index contributed by atoms with van der Waals surface area (Å²) in [5.74, 6) is 0. The summed E-state index contributed by atoms with van der Waals surface area (Å²) < 4.78 is 5.30. The maximum atomic E-state index is 8.14. The maximum absolute atomic E-state index is 8.14. The van der Waals surface area contributed by atoms with Gasteiger partial charge in [-0.1, -0.05) is 12.0 Å². The Hall–Kier alpha value is -0.730. The first-order valence-corrected chi connectivity index (χ1v) is 3.54. The molecule has 1 fully saturated rings. The van der Waals surface area contributed by atoms with Gasteiger partial charge in [0.1, 0.15) is 0 Å². The van der Waals surface area contributed by atoms with Crippen LogP contribution in [0.1, 0.15) is 19.8 Å². The van der Waals surface area contributed by atoms with Crippen molar-refractivity contribution in [3.05, 3.63) is 10.4 Å². The second kappa shape index (κ2) is 3.44. The molecule has 0 aromatic carbocycles. The van der Waals surface area contributed by atoms with E-state index in [9.17, 15) is 0 Å². The first-order valence-electron chi connectivity index (χ1n) is 3.54. The van der Waals surface area contributed by atoms with Crippen LogP contribution in [0, 0.1) is 0 Å². The van der Waals surface area contributed by atoms with E-state index in [4.69, 9.17) is 10.3 Å². The molecule has 0 unspecified atom stereocenters. The van der Waals surface area contributed by atoms with Crippen LogP contribution in [0.2, 0.25) is 0 Å². The molecule has 2 atom stereocenters. The third kappa shape index (κ3) is 1.40. The molecule has 1 aliphatic rings. The van der Waals surface area contributed by atoms with Crippen LogP contribution in [-0.4, -0.2) is 18.8 Å². The van der Waals surface area contributed by atoms with Crippen molar-refractivity contribution in [2.24, 2.45) is 5.11 Å². The summed E-state index contributed by atoms with van der Waals surface area (Å²) >= 11 is 0. The molecule has 4 heteroatoms. The van der Waals surface area contributed by atoms with Crippen LogP contribution in [0.25, 0.3) is 10.4 Å². The summed E-state index contributed by atoms with van der Waals surface area (Å²) in [7, 11) is 0. The molecule has 56 valence electrons. The van der Waals surface area contributed by atoms with E-state index < -0.39 is 0 Å². The van der Waals surface area contributed by atoms with Gasteiger partial charge in [0.2, 0.25) is 0 Å². The fourth-order valence-corrected chi connectivity index (χ4v) is 1.23. The average Bonchev–Trinajstić information content (AvgIpc) is 2.36. The number of rotatable bonds is 2. The Bertz CT molecular complexity index is 153. The summed E-state index contributed by atoms with van der Waals surface area (Å²) in [5, 5.41) is 3.63. The number of hydrogen-bond acceptors (Lipinski definition) is 2. The molecule has 0 bridgehead atoms. The summed E-state index contributed by atoms with van der Waals surface area (Å²) in [6.45, 7) is 2.78. The summed E-state index contributed by atoms with van der Waals surface area (Å²) in [6, 6.07) is 0.0787. The predicted octanol–water partition coefficient (Wildman–Crippen LogP) is 1.86. The SMILES string of the molecule is CC[C@H]1OCC[C@H]1N=[N+]=[N-]. The quantitative estimate of drug-likeness (QED) is 0.329. The minimum Gasteiger partial charge on any atom is -0.378 e. The molecule has 0 radical (unpaired) electrons. The lowest BCUT2D eigenvalue weighted by Gasteiger charge is -2.09. The van der Waals surface area contributed by atoms with Crippen molar-refractivity contribution in [1.29, 1.82) is 0 Å². The second-order valence-corrected chi connectivity index (χ2v) is 2.38. The third-order valence-electron chi connectivity index (χ3n) is 1.78. The smallest absolute Gasteiger partial charge is 0.0658 e. The lowest BCUT2D eigenvalue weighted by atomic mass is 10.1. The molecule has 1 rings (SSSR count). The van der Waals surface area contributed by atoms with Crippen molar-refractivity contribution in [2.45, 2.75) is 31.9 Å². The van der Waals surface area contributed by atoms with Crippen LogP contribution in [0.15, 0.2) is 5.11 Å². The van der Waals surface area contributed by atoms with Crippen molar-refractivity contribution in [2.75, 3.05) is 6.61 Å². The topological polar surface area (TPSA) is 58.0 Å². The van der Waals surface area contributed by atoms with Gasteiger partial charge in [-0.05, 0) is 18.4 Å². The van der Waals surface area contributed by atoms with Gasteiger partial charge in [-0.25, -0.2) is 0 Å². The van der Waals surface area contributed by atoms with Gasteiger partial charge in [-0.3, -0.25) is 0 Å². The largest absolute Gasteiger partial charge is 0.378 e. The molecule has 10 heavy (non-hydrogen) atoms. The van der Waals surface area contributed by atoms with E-state index in [1.165, 1.54) is 0 Å². The maximum Gasteiger partial charge on any atom is 0.0658 e. The van der Waals surface area contributed by atoms with Crippen LogP contribution in [-0.2, 0) is 4.74 Å². The van der Waals surface area contributed by atoms with Crippen molar-refractivity contribution in [3.8, 4) is 0 Å². The average molecular weight is 141 g/mol. The molecule has 0 spiro atoms. The van der Waals surface area contributed by atoms with Crippen molar-refractivity contribution < 1.29 is 4.74 Å². The normalized spacial score (nSPS) is 31.7. The van der Waals surface area contributed by atoms with E-state index in [0.717, 1.165) is 19.4 Å². The Kier molecular flexibility index (Phi) is 2.54. The van der Waals surface area contributed by atoms with Gasteiger partial charge in [0, 0.05) is 11.5 Å². The van der Waals surface area contributed by atoms with Crippen molar-refractivity contribution >= 4 is 0 Å². The Morgan fingerprint density at radius 2 is 2.60 bits per heavy atom. The van der Waals surface area contributed by atoms with Gasteiger partial charge in [0.25, 0.3) is 0 Å². The number of hydrogen-bond donors (Lipinski definition) is 0. The first kappa shape index (κ1) is 7.38. The molecule has 1 aliphatic heterocycles. The number of azide groups is 1. The van der Waals surface area contributed by atoms with E-state index in [2.05, 4.69) is 10.0 Å². The van der Waals surface area contributed by atoms with Gasteiger partial charge < -0.3 is 4.74 Å². The van der Waals surface area contributed by atoms with Crippen LogP contribution < -0.4 is 0 Å². The third-order valence-corrected chi connectivity index (χ3v) is 1.78. The fraction of sp³-hybridized carbons (Fsp3) is 1.00. The standard InChI is InChI=1S/C6H11N3O/c1-2-6-5(8-9-7)3-4-10-6/h5-6H,2-4H2,1H3/t5-,6-/m1/s1. The highest BCUT2D eigenvalue weighted by atomic mass is 16.5. The zero-order valence-electron chi connectivity index (χ0n) is 6.03. The number of nitrogens with zero attached hydrogens (tertiary/aromatic N) is 3. The molecule has 4 nitrogen and oxygen atoms in total. The Morgan fingerprint density at radius 1 is 1.80 bits per heavy atom. The van der Waals surface area contributed by atoms with Crippen LogP contribution >= 0.6 is 0 Å². The first-order chi connectivity index (χ1) is 4.88. The predicted molar refractivity (Wildman–Crippen MR) is 37.6 cm³/mol. The summed E-state index contributed by atoms with van der Waals surface area (Å²) in [4.78, 5) is 2.76. The fourth-order valence-electron chi connectivity index (χ4n) is 1.23. The van der Waals surface area contributed by atoms with E-state index in [1.807, 2.05) is 6.92 Å². The van der Waals surface area contributed by atoms with E-state index in [-0.39, 0.29) is 12.1 Å². The molecule has 1 heterocycles. The Morgan fingerprint density at radius 3 is 3.20 bits per heavy atom. The lowest BCUT2D eigenvalue weighted by molar-refractivity contribution is 0.101. The van der Waals surface area contributed by atoms with Gasteiger partial charge in [0.05, 0.1) is 12.1 Å². The molecule has 0 aromatic rings. The Labute approximate surface area is 59.8 Å². The molecule has 0 aliphatic carbocycles. The molecule has 1 saturated heterocycles. The highest BCUT2D eigenvalue weighted by Gasteiger charge is 2.24. The molecule has 0 aromatic heterocycles. The van der Waals surface area contributed by atoms with Gasteiger partial charge >= 0.3 is 0 Å². The minimum atomic E-state index is 0.0787. The Balaban J connectivity index is 2.49. The number of ether oxygens (including phenoxy) is 1. The molecule has 0 saturated carbocycles. The molecular weight excluding hydrogens is 130 g/mol. The van der Waals surface area contributed by atoms with Gasteiger partial charge in [-0.15, -0.1) is 0 Å². The summed E-state index contributed by atoms with van der Waals surface area (Å²) in [5.41, 5.74) is 8.14. The van der Waals surface area contributed by atoms with Crippen molar-refractivity contribution in [1.82, 2.24) is 0 Å². The van der Waals surface area contributed by atoms with Crippen LogP contribution in [0.5, 0.6) is 0 Å². The zero-order valence-corrected chi connectivity index (χ0v) is 6.03. The monoisotopic (exact) mass is 141 g/mol.